The fourth-order valence-electron chi connectivity index (χ4n) is 1.86. The molecule has 0 atom stereocenters. The van der Waals surface area contributed by atoms with Crippen molar-refractivity contribution in [2.24, 2.45) is 0 Å². The van der Waals surface area contributed by atoms with Crippen LogP contribution in [-0.2, 0) is 19.3 Å². The summed E-state index contributed by atoms with van der Waals surface area (Å²) in [5, 5.41) is 0.102. The minimum absolute atomic E-state index is 0.102. The van der Waals surface area contributed by atoms with E-state index in [0.29, 0.717) is 25.4 Å². The number of hydrogen-bond donors (Lipinski definition) is 0. The van der Waals surface area contributed by atoms with Crippen molar-refractivity contribution in [1.29, 1.82) is 0 Å². The Morgan fingerprint density at radius 2 is 1.58 bits per heavy atom. The van der Waals surface area contributed by atoms with E-state index in [4.69, 9.17) is 24.9 Å². The fraction of sp³-hybridized carbons (Fsp3) is 0.538. The molecular weight excluding hydrogens is 287 g/mol. The molecule has 0 bridgehead atoms. The highest BCUT2D eigenvalue weighted by molar-refractivity contribution is 6.60. The van der Waals surface area contributed by atoms with Gasteiger partial charge in [0, 0.05) is 25.9 Å². The van der Waals surface area contributed by atoms with Crippen LogP contribution in [0.3, 0.4) is 0 Å². The monoisotopic (exact) mass is 306 g/mol. The molecule has 1 aromatic rings. The van der Waals surface area contributed by atoms with Crippen LogP contribution in [0.15, 0.2) is 18.2 Å². The Bertz CT molecular complexity index is 386. The van der Waals surface area contributed by atoms with Crippen molar-refractivity contribution in [2.45, 2.75) is 26.8 Å². The average Bonchev–Trinajstić information content (AvgIpc) is 2.36. The summed E-state index contributed by atoms with van der Waals surface area (Å²) in [5.41, 5.74) is 0.467. The number of rotatable bonds is 8. The van der Waals surface area contributed by atoms with Gasteiger partial charge in [-0.15, -0.1) is 0 Å². The van der Waals surface area contributed by atoms with Gasteiger partial charge in [-0.1, -0.05) is 23.7 Å². The Hall–Kier alpha value is -0.463. The summed E-state index contributed by atoms with van der Waals surface area (Å²) in [6, 6.07) is 5.20. The van der Waals surface area contributed by atoms with Gasteiger partial charge in [0.25, 0.3) is 0 Å². The molecule has 108 valence electrons. The average molecular weight is 307 g/mol. The maximum Gasteiger partial charge on any atom is 0.505 e. The number of benzene rings is 1. The van der Waals surface area contributed by atoms with Crippen LogP contribution >= 0.6 is 11.6 Å². The summed E-state index contributed by atoms with van der Waals surface area (Å²) in [4.78, 5) is 0. The highest BCUT2D eigenvalue weighted by Gasteiger charge is 2.41. The van der Waals surface area contributed by atoms with Crippen LogP contribution in [0.5, 0.6) is 0 Å². The molecule has 19 heavy (non-hydrogen) atoms. The van der Waals surface area contributed by atoms with Gasteiger partial charge >= 0.3 is 8.80 Å². The maximum absolute atomic E-state index is 14.0. The van der Waals surface area contributed by atoms with Crippen LogP contribution in [0.4, 0.5) is 4.39 Å². The lowest BCUT2D eigenvalue weighted by Gasteiger charge is -2.28. The predicted molar refractivity (Wildman–Crippen MR) is 75.7 cm³/mol. The van der Waals surface area contributed by atoms with Crippen molar-refractivity contribution in [3.63, 3.8) is 0 Å². The molecule has 0 saturated carbocycles. The van der Waals surface area contributed by atoms with E-state index in [0.717, 1.165) is 0 Å². The minimum atomic E-state index is -2.89. The van der Waals surface area contributed by atoms with Crippen molar-refractivity contribution in [3.8, 4) is 0 Å². The van der Waals surface area contributed by atoms with E-state index in [1.54, 1.807) is 12.1 Å². The Morgan fingerprint density at radius 3 is 2.05 bits per heavy atom. The predicted octanol–water partition coefficient (Wildman–Crippen LogP) is 3.61. The normalized spacial score (nSPS) is 11.8. The molecule has 0 unspecified atom stereocenters. The molecule has 1 rings (SSSR count). The second kappa shape index (κ2) is 7.97. The topological polar surface area (TPSA) is 27.7 Å². The molecule has 0 aliphatic rings. The lowest BCUT2D eigenvalue weighted by molar-refractivity contribution is 0.0701. The standard InChI is InChI=1S/C13H20ClFO3Si/c1-4-16-19(17-5-2,18-6-3)10-11-8-7-9-12(14)13(11)15/h7-9H,4-6,10H2,1-3H3. The molecule has 0 fully saturated rings. The molecule has 0 saturated heterocycles. The third-order valence-electron chi connectivity index (χ3n) is 2.53. The Morgan fingerprint density at radius 1 is 1.05 bits per heavy atom. The molecule has 3 nitrogen and oxygen atoms in total. The van der Waals surface area contributed by atoms with Gasteiger partial charge in [0.2, 0.25) is 0 Å². The molecule has 0 amide bonds. The Labute approximate surface area is 120 Å². The SMILES string of the molecule is CCO[Si](Cc1cccc(Cl)c1F)(OCC)OCC. The van der Waals surface area contributed by atoms with Crippen molar-refractivity contribution < 1.29 is 17.7 Å². The third kappa shape index (κ3) is 4.54. The molecule has 0 spiro atoms. The van der Waals surface area contributed by atoms with Gasteiger partial charge in [-0.2, -0.15) is 0 Å². The zero-order valence-corrected chi connectivity index (χ0v) is 13.3. The van der Waals surface area contributed by atoms with E-state index < -0.39 is 14.6 Å². The smallest absolute Gasteiger partial charge is 0.374 e. The summed E-state index contributed by atoms with van der Waals surface area (Å²) < 4.78 is 31.1. The number of hydrogen-bond acceptors (Lipinski definition) is 3. The van der Waals surface area contributed by atoms with Crippen molar-refractivity contribution >= 4 is 20.4 Å². The first-order valence-corrected chi connectivity index (χ1v) is 8.74. The maximum atomic E-state index is 14.0. The quantitative estimate of drug-likeness (QED) is 0.687. The summed E-state index contributed by atoms with van der Waals surface area (Å²) in [6.07, 6.45) is 0. The molecule has 0 radical (unpaired) electrons. The molecule has 1 aromatic carbocycles. The van der Waals surface area contributed by atoms with E-state index in [-0.39, 0.29) is 11.1 Å². The first-order chi connectivity index (χ1) is 9.08. The second-order valence-electron chi connectivity index (χ2n) is 3.87. The highest BCUT2D eigenvalue weighted by atomic mass is 35.5. The van der Waals surface area contributed by atoms with E-state index in [1.165, 1.54) is 6.07 Å². The van der Waals surface area contributed by atoms with Gasteiger partial charge in [-0.3, -0.25) is 0 Å². The molecular formula is C13H20ClFO3Si. The Kier molecular flexibility index (Phi) is 6.96. The van der Waals surface area contributed by atoms with Gasteiger partial charge in [0.1, 0.15) is 5.82 Å². The van der Waals surface area contributed by atoms with Gasteiger partial charge < -0.3 is 13.3 Å². The van der Waals surface area contributed by atoms with Gasteiger partial charge in [0.05, 0.1) is 5.02 Å². The second-order valence-corrected chi connectivity index (χ2v) is 6.86. The molecule has 0 heterocycles. The first kappa shape index (κ1) is 16.6. The van der Waals surface area contributed by atoms with Crippen LogP contribution in [0, 0.1) is 5.82 Å². The van der Waals surface area contributed by atoms with E-state index >= 15 is 0 Å². The molecule has 0 aliphatic heterocycles. The summed E-state index contributed by atoms with van der Waals surface area (Å²) >= 11 is 5.79. The Balaban J connectivity index is 3.00. The molecule has 0 N–H and O–H groups in total. The zero-order chi connectivity index (χ0) is 14.3. The van der Waals surface area contributed by atoms with E-state index in [9.17, 15) is 4.39 Å². The van der Waals surface area contributed by atoms with Crippen LogP contribution in [0.1, 0.15) is 26.3 Å². The van der Waals surface area contributed by atoms with Crippen LogP contribution in [-0.4, -0.2) is 28.6 Å². The summed E-state index contributed by atoms with van der Waals surface area (Å²) in [5.74, 6) is -0.430. The lowest BCUT2D eigenvalue weighted by atomic mass is 10.2. The summed E-state index contributed by atoms with van der Waals surface area (Å²) in [7, 11) is -2.89. The van der Waals surface area contributed by atoms with Crippen molar-refractivity contribution in [1.82, 2.24) is 0 Å². The van der Waals surface area contributed by atoms with Crippen molar-refractivity contribution in [3.05, 3.63) is 34.6 Å². The molecule has 0 aromatic heterocycles. The van der Waals surface area contributed by atoms with Crippen LogP contribution < -0.4 is 0 Å². The molecule has 6 heteroatoms. The van der Waals surface area contributed by atoms with Gasteiger partial charge in [-0.05, 0) is 32.4 Å². The largest absolute Gasteiger partial charge is 0.505 e. The van der Waals surface area contributed by atoms with Crippen LogP contribution in [0.25, 0.3) is 0 Å². The van der Waals surface area contributed by atoms with E-state index in [1.807, 2.05) is 20.8 Å². The third-order valence-corrected chi connectivity index (χ3v) is 5.82. The fourth-order valence-corrected chi connectivity index (χ4v) is 4.67. The van der Waals surface area contributed by atoms with E-state index in [2.05, 4.69) is 0 Å². The number of halogens is 2. The lowest BCUT2D eigenvalue weighted by Crippen LogP contribution is -2.48. The van der Waals surface area contributed by atoms with Crippen LogP contribution in [0.2, 0.25) is 5.02 Å². The molecule has 0 aliphatic carbocycles. The highest BCUT2D eigenvalue weighted by Crippen LogP contribution is 2.23. The van der Waals surface area contributed by atoms with Crippen molar-refractivity contribution in [2.75, 3.05) is 19.8 Å². The van der Waals surface area contributed by atoms with Gasteiger partial charge in [-0.25, -0.2) is 4.39 Å². The minimum Gasteiger partial charge on any atom is -0.374 e. The van der Waals surface area contributed by atoms with Gasteiger partial charge in [0.15, 0.2) is 0 Å². The first-order valence-electron chi connectivity index (χ1n) is 6.43. The zero-order valence-electron chi connectivity index (χ0n) is 11.5. The summed E-state index contributed by atoms with van der Waals surface area (Å²) in [6.45, 7) is 7.01.